The minimum Gasteiger partial charge on any atom is -0.316 e. The molecule has 0 saturated carbocycles. The number of nitro groups is 1. The van der Waals surface area contributed by atoms with Crippen molar-refractivity contribution in [3.05, 3.63) is 62.4 Å². The van der Waals surface area contributed by atoms with Gasteiger partial charge in [-0.25, -0.2) is 0 Å². The number of rotatable bonds is 4. The lowest BCUT2D eigenvalue weighted by atomic mass is 10.3. The number of halogens is 1. The van der Waals surface area contributed by atoms with Crippen LogP contribution in [0.2, 0.25) is 5.02 Å². The molecule has 0 spiro atoms. The number of hydrogen-bond acceptors (Lipinski definition) is 5. The Bertz CT molecular complexity index is 1130. The highest BCUT2D eigenvalue weighted by molar-refractivity contribution is 7.90. The van der Waals surface area contributed by atoms with Crippen LogP contribution >= 0.6 is 22.9 Å². The van der Waals surface area contributed by atoms with Crippen LogP contribution in [-0.4, -0.2) is 17.9 Å². The maximum atomic E-state index is 12.5. The fourth-order valence-corrected chi connectivity index (χ4v) is 4.77. The second-order valence-electron chi connectivity index (χ2n) is 5.06. The SMILES string of the molecule is CCn1c(=NS(=O)(=O)c2ccc(Cl)cc2)sc2cc([N+](=O)[O-])ccc21. The van der Waals surface area contributed by atoms with Crippen molar-refractivity contribution in [2.45, 2.75) is 18.4 Å². The van der Waals surface area contributed by atoms with Crippen molar-refractivity contribution in [1.82, 2.24) is 4.57 Å². The van der Waals surface area contributed by atoms with Crippen molar-refractivity contribution < 1.29 is 13.3 Å². The molecule has 0 radical (unpaired) electrons. The minimum atomic E-state index is -3.91. The number of sulfonamides is 1. The molecule has 130 valence electrons. The molecular weight excluding hydrogens is 386 g/mol. The summed E-state index contributed by atoms with van der Waals surface area (Å²) in [5.41, 5.74) is 0.646. The highest BCUT2D eigenvalue weighted by atomic mass is 35.5. The van der Waals surface area contributed by atoms with Gasteiger partial charge in [0.2, 0.25) is 4.80 Å². The summed E-state index contributed by atoms with van der Waals surface area (Å²) in [6, 6.07) is 10.1. The topological polar surface area (TPSA) is 94.6 Å². The van der Waals surface area contributed by atoms with Gasteiger partial charge in [0.05, 0.1) is 20.0 Å². The third kappa shape index (κ3) is 3.44. The lowest BCUT2D eigenvalue weighted by molar-refractivity contribution is -0.384. The fraction of sp³-hybridized carbons (Fsp3) is 0.133. The number of non-ortho nitro benzene ring substituents is 1. The van der Waals surface area contributed by atoms with Crippen molar-refractivity contribution in [1.29, 1.82) is 0 Å². The van der Waals surface area contributed by atoms with Crippen molar-refractivity contribution in [3.63, 3.8) is 0 Å². The summed E-state index contributed by atoms with van der Waals surface area (Å²) in [6.45, 7) is 2.33. The molecule has 25 heavy (non-hydrogen) atoms. The quantitative estimate of drug-likeness (QED) is 0.496. The zero-order chi connectivity index (χ0) is 18.2. The first-order valence-electron chi connectivity index (χ1n) is 7.16. The molecule has 0 atom stereocenters. The molecule has 0 bridgehead atoms. The van der Waals surface area contributed by atoms with Gasteiger partial charge in [-0.05, 0) is 37.3 Å². The van der Waals surface area contributed by atoms with E-state index in [2.05, 4.69) is 4.40 Å². The van der Waals surface area contributed by atoms with E-state index >= 15 is 0 Å². The van der Waals surface area contributed by atoms with E-state index in [9.17, 15) is 18.5 Å². The van der Waals surface area contributed by atoms with Crippen LogP contribution in [0, 0.1) is 10.1 Å². The summed E-state index contributed by atoms with van der Waals surface area (Å²) in [5.74, 6) is 0. The molecule has 0 aliphatic heterocycles. The summed E-state index contributed by atoms with van der Waals surface area (Å²) in [4.78, 5) is 10.7. The second kappa shape index (κ2) is 6.58. The van der Waals surface area contributed by atoms with Crippen LogP contribution in [0.5, 0.6) is 0 Å². The van der Waals surface area contributed by atoms with Gasteiger partial charge in [0, 0.05) is 23.7 Å². The molecule has 7 nitrogen and oxygen atoms in total. The van der Waals surface area contributed by atoms with Crippen molar-refractivity contribution >= 4 is 48.9 Å². The Labute approximate surface area is 152 Å². The van der Waals surface area contributed by atoms with Crippen LogP contribution in [0.1, 0.15) is 6.92 Å². The molecule has 0 fully saturated rings. The summed E-state index contributed by atoms with van der Waals surface area (Å²) in [5, 5.41) is 11.3. The van der Waals surface area contributed by atoms with Gasteiger partial charge in [-0.1, -0.05) is 22.9 Å². The van der Waals surface area contributed by atoms with Crippen molar-refractivity contribution in [2.75, 3.05) is 0 Å². The molecule has 0 N–H and O–H groups in total. The first-order chi connectivity index (χ1) is 11.8. The normalized spacial score (nSPS) is 12.6. The number of benzene rings is 2. The molecule has 10 heteroatoms. The van der Waals surface area contributed by atoms with Crippen molar-refractivity contribution in [2.24, 2.45) is 4.40 Å². The molecule has 0 aliphatic carbocycles. The Morgan fingerprint density at radius 2 is 1.92 bits per heavy atom. The van der Waals surface area contributed by atoms with Crippen LogP contribution < -0.4 is 4.80 Å². The molecule has 1 heterocycles. The van der Waals surface area contributed by atoms with Crippen LogP contribution in [0.25, 0.3) is 10.2 Å². The minimum absolute atomic E-state index is 0.0305. The van der Waals surface area contributed by atoms with E-state index in [1.807, 2.05) is 6.92 Å². The Kier molecular flexibility index (Phi) is 4.63. The highest BCUT2D eigenvalue weighted by Crippen LogP contribution is 2.24. The summed E-state index contributed by atoms with van der Waals surface area (Å²) < 4.78 is 31.2. The third-order valence-electron chi connectivity index (χ3n) is 3.50. The largest absolute Gasteiger partial charge is 0.316 e. The average molecular weight is 398 g/mol. The van der Waals surface area contributed by atoms with Crippen molar-refractivity contribution in [3.8, 4) is 0 Å². The lowest BCUT2D eigenvalue weighted by Crippen LogP contribution is -2.16. The van der Waals surface area contributed by atoms with E-state index in [1.165, 1.54) is 36.4 Å². The van der Waals surface area contributed by atoms with E-state index in [1.54, 1.807) is 10.6 Å². The number of thiazole rings is 1. The standard InChI is InChI=1S/C15H12ClN3O4S2/c1-2-18-13-8-5-11(19(20)21)9-14(13)24-15(18)17-25(22,23)12-6-3-10(16)4-7-12/h3-9H,2H2,1H3. The van der Waals surface area contributed by atoms with E-state index in [4.69, 9.17) is 11.6 Å². The molecule has 2 aromatic carbocycles. The van der Waals surface area contributed by atoms with Gasteiger partial charge in [-0.2, -0.15) is 8.42 Å². The molecule has 0 saturated heterocycles. The first kappa shape index (κ1) is 17.6. The zero-order valence-corrected chi connectivity index (χ0v) is 15.3. The molecule has 1 aromatic heterocycles. The van der Waals surface area contributed by atoms with Gasteiger partial charge < -0.3 is 4.57 Å². The highest BCUT2D eigenvalue weighted by Gasteiger charge is 2.16. The third-order valence-corrected chi connectivity index (χ3v) is 6.19. The number of aromatic nitrogens is 1. The number of nitro benzene ring substituents is 1. The van der Waals surface area contributed by atoms with Crippen LogP contribution in [-0.2, 0) is 16.6 Å². The Morgan fingerprint density at radius 3 is 2.52 bits per heavy atom. The fourth-order valence-electron chi connectivity index (χ4n) is 2.31. The summed E-state index contributed by atoms with van der Waals surface area (Å²) in [7, 11) is -3.91. The molecular formula is C15H12ClN3O4S2. The number of hydrogen-bond donors (Lipinski definition) is 0. The second-order valence-corrected chi connectivity index (χ2v) is 8.11. The number of aryl methyl sites for hydroxylation is 1. The van der Waals surface area contributed by atoms with Crippen LogP contribution in [0.4, 0.5) is 5.69 Å². The smallest absolute Gasteiger partial charge is 0.285 e. The maximum Gasteiger partial charge on any atom is 0.285 e. The zero-order valence-electron chi connectivity index (χ0n) is 12.9. The van der Waals surface area contributed by atoms with Gasteiger partial charge >= 0.3 is 0 Å². The number of fused-ring (bicyclic) bond motifs is 1. The van der Waals surface area contributed by atoms with E-state index in [0.717, 1.165) is 11.3 Å². The molecule has 3 rings (SSSR count). The van der Waals surface area contributed by atoms with Gasteiger partial charge in [-0.15, -0.1) is 4.40 Å². The molecule has 0 unspecified atom stereocenters. The average Bonchev–Trinajstić information content (AvgIpc) is 2.90. The lowest BCUT2D eigenvalue weighted by Gasteiger charge is -2.01. The van der Waals surface area contributed by atoms with Gasteiger partial charge in [-0.3, -0.25) is 10.1 Å². The van der Waals surface area contributed by atoms with E-state index in [0.29, 0.717) is 21.8 Å². The van der Waals surface area contributed by atoms with Gasteiger partial charge in [0.1, 0.15) is 0 Å². The molecule has 0 amide bonds. The predicted octanol–water partition coefficient (Wildman–Crippen LogP) is 3.57. The van der Waals surface area contributed by atoms with Crippen LogP contribution in [0.15, 0.2) is 51.8 Å². The Balaban J connectivity index is 2.21. The Morgan fingerprint density at radius 1 is 1.24 bits per heavy atom. The monoisotopic (exact) mass is 397 g/mol. The summed E-state index contributed by atoms with van der Waals surface area (Å²) >= 11 is 6.87. The van der Waals surface area contributed by atoms with E-state index < -0.39 is 14.9 Å². The Hall–Kier alpha value is -2.23. The first-order valence-corrected chi connectivity index (χ1v) is 9.79. The maximum absolute atomic E-state index is 12.5. The van der Waals surface area contributed by atoms with Gasteiger partial charge in [0.25, 0.3) is 15.7 Å². The molecule has 3 aromatic rings. The predicted molar refractivity (Wildman–Crippen MR) is 96.3 cm³/mol. The van der Waals surface area contributed by atoms with Gasteiger partial charge in [0.15, 0.2) is 0 Å². The van der Waals surface area contributed by atoms with E-state index in [-0.39, 0.29) is 15.4 Å². The molecule has 0 aliphatic rings. The summed E-state index contributed by atoms with van der Waals surface area (Å²) in [6.07, 6.45) is 0. The van der Waals surface area contributed by atoms with Crippen LogP contribution in [0.3, 0.4) is 0 Å². The number of nitrogens with zero attached hydrogens (tertiary/aromatic N) is 3.